The van der Waals surface area contributed by atoms with Crippen molar-refractivity contribution in [3.8, 4) is 11.5 Å². The van der Waals surface area contributed by atoms with E-state index in [0.717, 1.165) is 17.7 Å². The maximum atomic E-state index is 11.6. The number of aromatic carboxylic acids is 1. The SMILES string of the molecule is Cc1cc(C(=O)O)c2c(Cc3ccc4c(c3)OCCCO4)noc2n1. The topological polar surface area (TPSA) is 94.7 Å². The Morgan fingerprint density at radius 1 is 1.20 bits per heavy atom. The lowest BCUT2D eigenvalue weighted by atomic mass is 10.0. The molecule has 25 heavy (non-hydrogen) atoms. The number of fused-ring (bicyclic) bond motifs is 2. The second kappa shape index (κ2) is 6.08. The molecule has 2 aromatic heterocycles. The van der Waals surface area contributed by atoms with Gasteiger partial charge in [0.2, 0.25) is 0 Å². The molecule has 7 nitrogen and oxygen atoms in total. The summed E-state index contributed by atoms with van der Waals surface area (Å²) >= 11 is 0. The molecule has 0 atom stereocenters. The monoisotopic (exact) mass is 340 g/mol. The molecule has 3 aromatic rings. The first-order valence-electron chi connectivity index (χ1n) is 7.99. The van der Waals surface area contributed by atoms with Gasteiger partial charge in [0, 0.05) is 18.5 Å². The molecule has 0 bridgehead atoms. The molecule has 0 amide bonds. The van der Waals surface area contributed by atoms with Gasteiger partial charge in [0.05, 0.1) is 29.9 Å². The molecular formula is C18H16N2O5. The van der Waals surface area contributed by atoms with Crippen LogP contribution in [0.3, 0.4) is 0 Å². The van der Waals surface area contributed by atoms with E-state index < -0.39 is 5.97 Å². The van der Waals surface area contributed by atoms with Crippen molar-refractivity contribution in [3.63, 3.8) is 0 Å². The van der Waals surface area contributed by atoms with E-state index in [0.29, 0.717) is 42.2 Å². The Balaban J connectivity index is 1.74. The normalized spacial score (nSPS) is 13.6. The van der Waals surface area contributed by atoms with Gasteiger partial charge >= 0.3 is 5.97 Å². The van der Waals surface area contributed by atoms with Crippen LogP contribution < -0.4 is 9.47 Å². The minimum Gasteiger partial charge on any atom is -0.490 e. The number of rotatable bonds is 3. The van der Waals surface area contributed by atoms with Gasteiger partial charge in [0.25, 0.3) is 5.71 Å². The van der Waals surface area contributed by atoms with Gasteiger partial charge in [-0.15, -0.1) is 0 Å². The molecule has 0 unspecified atom stereocenters. The van der Waals surface area contributed by atoms with Crippen molar-refractivity contribution in [2.24, 2.45) is 0 Å². The number of aryl methyl sites for hydroxylation is 1. The molecule has 7 heteroatoms. The summed E-state index contributed by atoms with van der Waals surface area (Å²) in [6.07, 6.45) is 1.25. The Bertz CT molecular complexity index is 963. The molecule has 0 spiro atoms. The average Bonchev–Trinajstić information content (AvgIpc) is 2.83. The van der Waals surface area contributed by atoms with Gasteiger partial charge < -0.3 is 19.1 Å². The number of pyridine rings is 1. The number of carbonyl (C=O) groups is 1. The number of carboxylic acid groups (broad SMARTS) is 1. The van der Waals surface area contributed by atoms with Crippen LogP contribution in [0.25, 0.3) is 11.1 Å². The largest absolute Gasteiger partial charge is 0.490 e. The van der Waals surface area contributed by atoms with Gasteiger partial charge in [0.15, 0.2) is 11.5 Å². The molecule has 0 saturated carbocycles. The maximum Gasteiger partial charge on any atom is 0.336 e. The zero-order chi connectivity index (χ0) is 17.4. The van der Waals surface area contributed by atoms with Gasteiger partial charge in [-0.1, -0.05) is 11.2 Å². The Morgan fingerprint density at radius 2 is 2.00 bits per heavy atom. The first-order chi connectivity index (χ1) is 12.1. The zero-order valence-corrected chi connectivity index (χ0v) is 13.6. The lowest BCUT2D eigenvalue weighted by molar-refractivity contribution is 0.0698. The molecule has 128 valence electrons. The number of carboxylic acids is 1. The average molecular weight is 340 g/mol. The first-order valence-corrected chi connectivity index (χ1v) is 7.99. The third-order valence-corrected chi connectivity index (χ3v) is 4.06. The van der Waals surface area contributed by atoms with E-state index in [4.69, 9.17) is 14.0 Å². The number of hydrogen-bond donors (Lipinski definition) is 1. The van der Waals surface area contributed by atoms with Crippen LogP contribution in [0.1, 0.15) is 33.7 Å². The van der Waals surface area contributed by atoms with E-state index in [1.165, 1.54) is 6.07 Å². The van der Waals surface area contributed by atoms with Crippen molar-refractivity contribution >= 4 is 17.1 Å². The van der Waals surface area contributed by atoms with Crippen molar-refractivity contribution in [1.29, 1.82) is 0 Å². The van der Waals surface area contributed by atoms with Crippen molar-refractivity contribution in [2.45, 2.75) is 19.8 Å². The molecule has 0 fully saturated rings. The number of hydrogen-bond acceptors (Lipinski definition) is 6. The second-order valence-electron chi connectivity index (χ2n) is 5.93. The number of benzene rings is 1. The Labute approximate surface area is 143 Å². The molecule has 0 aliphatic carbocycles. The van der Waals surface area contributed by atoms with Crippen LogP contribution in [0.15, 0.2) is 28.8 Å². The fraction of sp³-hybridized carbons (Fsp3) is 0.278. The first kappa shape index (κ1) is 15.4. The molecule has 4 rings (SSSR count). The summed E-state index contributed by atoms with van der Waals surface area (Å²) in [4.78, 5) is 15.8. The quantitative estimate of drug-likeness (QED) is 0.783. The summed E-state index contributed by atoms with van der Waals surface area (Å²) in [6.45, 7) is 2.96. The van der Waals surface area contributed by atoms with Gasteiger partial charge in [-0.05, 0) is 30.7 Å². The zero-order valence-electron chi connectivity index (χ0n) is 13.6. The lowest BCUT2D eigenvalue weighted by Gasteiger charge is -2.09. The van der Waals surface area contributed by atoms with Crippen LogP contribution in [-0.2, 0) is 6.42 Å². The van der Waals surface area contributed by atoms with Crippen molar-refractivity contribution in [3.05, 3.63) is 46.8 Å². The summed E-state index contributed by atoms with van der Waals surface area (Å²) < 4.78 is 16.6. The van der Waals surface area contributed by atoms with Crippen molar-refractivity contribution < 1.29 is 23.9 Å². The van der Waals surface area contributed by atoms with E-state index >= 15 is 0 Å². The lowest BCUT2D eigenvalue weighted by Crippen LogP contribution is -2.01. The highest BCUT2D eigenvalue weighted by molar-refractivity contribution is 6.02. The molecule has 3 heterocycles. The third kappa shape index (κ3) is 2.88. The standard InChI is InChI=1S/C18H16N2O5/c1-10-7-12(18(21)22)16-13(20-25-17(16)19-10)8-11-3-4-14-15(9-11)24-6-2-5-23-14/h3-4,7,9H,2,5-6,8H2,1H3,(H,21,22). The van der Waals surface area contributed by atoms with Crippen LogP contribution >= 0.6 is 0 Å². The molecule has 1 aliphatic heterocycles. The highest BCUT2D eigenvalue weighted by Crippen LogP contribution is 2.32. The van der Waals surface area contributed by atoms with E-state index in [9.17, 15) is 9.90 Å². The van der Waals surface area contributed by atoms with Crippen LogP contribution in [0.4, 0.5) is 0 Å². The van der Waals surface area contributed by atoms with Crippen LogP contribution in [0.5, 0.6) is 11.5 Å². The minimum atomic E-state index is -1.03. The number of aromatic nitrogens is 2. The smallest absolute Gasteiger partial charge is 0.336 e. The van der Waals surface area contributed by atoms with Crippen LogP contribution in [-0.4, -0.2) is 34.4 Å². The second-order valence-corrected chi connectivity index (χ2v) is 5.93. The molecule has 0 saturated heterocycles. The van der Waals surface area contributed by atoms with Gasteiger partial charge in [-0.2, -0.15) is 0 Å². The fourth-order valence-electron chi connectivity index (χ4n) is 2.93. The van der Waals surface area contributed by atoms with Gasteiger partial charge in [0.1, 0.15) is 0 Å². The summed E-state index contributed by atoms with van der Waals surface area (Å²) in [6, 6.07) is 7.19. The molecule has 1 N–H and O–H groups in total. The predicted molar refractivity (Wildman–Crippen MR) is 88.4 cm³/mol. The van der Waals surface area contributed by atoms with E-state index in [1.807, 2.05) is 18.2 Å². The third-order valence-electron chi connectivity index (χ3n) is 4.06. The highest BCUT2D eigenvalue weighted by Gasteiger charge is 2.20. The van der Waals surface area contributed by atoms with Crippen molar-refractivity contribution in [2.75, 3.05) is 13.2 Å². The molecule has 1 aliphatic rings. The van der Waals surface area contributed by atoms with Gasteiger partial charge in [-0.25, -0.2) is 9.78 Å². The highest BCUT2D eigenvalue weighted by atomic mass is 16.5. The van der Waals surface area contributed by atoms with Crippen LogP contribution in [0.2, 0.25) is 0 Å². The Hall–Kier alpha value is -3.09. The van der Waals surface area contributed by atoms with Crippen LogP contribution in [0, 0.1) is 6.92 Å². The number of nitrogens with zero attached hydrogens (tertiary/aromatic N) is 2. The molecule has 1 aromatic carbocycles. The van der Waals surface area contributed by atoms with Crippen molar-refractivity contribution in [1.82, 2.24) is 10.1 Å². The molecular weight excluding hydrogens is 324 g/mol. The predicted octanol–water partition coefficient (Wildman–Crippen LogP) is 2.98. The maximum absolute atomic E-state index is 11.6. The summed E-state index contributed by atoms with van der Waals surface area (Å²) in [5.74, 6) is 0.378. The number of ether oxygens (including phenoxy) is 2. The summed E-state index contributed by atoms with van der Waals surface area (Å²) in [5.41, 5.74) is 2.42. The van der Waals surface area contributed by atoms with E-state index in [1.54, 1.807) is 6.92 Å². The van der Waals surface area contributed by atoms with Gasteiger partial charge in [-0.3, -0.25) is 0 Å². The Morgan fingerprint density at radius 3 is 2.80 bits per heavy atom. The molecule has 0 radical (unpaired) electrons. The fourth-order valence-corrected chi connectivity index (χ4v) is 2.93. The Kier molecular flexibility index (Phi) is 3.76. The minimum absolute atomic E-state index is 0.146. The van der Waals surface area contributed by atoms with E-state index in [2.05, 4.69) is 10.1 Å². The summed E-state index contributed by atoms with van der Waals surface area (Å²) in [7, 11) is 0. The van der Waals surface area contributed by atoms with E-state index in [-0.39, 0.29) is 11.3 Å². The summed E-state index contributed by atoms with van der Waals surface area (Å²) in [5, 5.41) is 13.9.